The summed E-state index contributed by atoms with van der Waals surface area (Å²) in [5, 5.41) is 5.62. The van der Waals surface area contributed by atoms with Gasteiger partial charge in [-0.1, -0.05) is 17.7 Å². The monoisotopic (exact) mass is 392 g/mol. The molecule has 27 heavy (non-hydrogen) atoms. The number of anilines is 3. The van der Waals surface area contributed by atoms with Gasteiger partial charge in [0, 0.05) is 23.1 Å². The molecule has 0 spiro atoms. The number of aromatic nitrogens is 2. The lowest BCUT2D eigenvalue weighted by Gasteiger charge is -2.10. The molecule has 1 heterocycles. The molecule has 0 aliphatic heterocycles. The van der Waals surface area contributed by atoms with Gasteiger partial charge < -0.3 is 10.6 Å². The van der Waals surface area contributed by atoms with Gasteiger partial charge in [-0.3, -0.25) is 4.79 Å². The average molecular weight is 393 g/mol. The van der Waals surface area contributed by atoms with Crippen LogP contribution in [0.15, 0.2) is 42.7 Å². The van der Waals surface area contributed by atoms with E-state index in [1.807, 2.05) is 0 Å². The van der Waals surface area contributed by atoms with E-state index in [1.165, 1.54) is 12.4 Å². The fraction of sp³-hybridized carbons (Fsp3) is 0.0556. The highest BCUT2D eigenvalue weighted by molar-refractivity contribution is 6.31. The average Bonchev–Trinajstić information content (AvgIpc) is 2.66. The Balaban J connectivity index is 1.74. The van der Waals surface area contributed by atoms with Gasteiger partial charge in [0.15, 0.2) is 17.5 Å². The molecule has 1 aromatic heterocycles. The highest BCUT2D eigenvalue weighted by atomic mass is 35.5. The molecule has 3 rings (SSSR count). The highest BCUT2D eigenvalue weighted by Gasteiger charge is 2.15. The summed E-state index contributed by atoms with van der Waals surface area (Å²) in [6, 6.07) is 6.88. The molecule has 0 radical (unpaired) electrons. The van der Waals surface area contributed by atoms with E-state index in [2.05, 4.69) is 20.6 Å². The first-order valence-electron chi connectivity index (χ1n) is 7.66. The Morgan fingerprint density at radius 1 is 1.00 bits per heavy atom. The molecule has 0 aliphatic rings. The van der Waals surface area contributed by atoms with Crippen LogP contribution < -0.4 is 10.6 Å². The predicted molar refractivity (Wildman–Crippen MR) is 95.8 cm³/mol. The maximum atomic E-state index is 13.7. The zero-order valence-corrected chi connectivity index (χ0v) is 14.6. The molecule has 0 saturated heterocycles. The van der Waals surface area contributed by atoms with Gasteiger partial charge in [0.2, 0.25) is 5.95 Å². The van der Waals surface area contributed by atoms with E-state index in [0.717, 1.165) is 12.1 Å². The molecule has 9 heteroatoms. The Bertz CT molecular complexity index is 1010. The maximum Gasteiger partial charge on any atom is 0.258 e. The van der Waals surface area contributed by atoms with Crippen LogP contribution in [0.1, 0.15) is 15.9 Å². The predicted octanol–water partition coefficient (Wildman–Crippen LogP) is 4.85. The number of hydrogen-bond donors (Lipinski definition) is 2. The van der Waals surface area contributed by atoms with E-state index in [-0.39, 0.29) is 17.2 Å². The molecule has 0 bridgehead atoms. The molecule has 5 nitrogen and oxygen atoms in total. The number of halogens is 4. The molecular formula is C18H12ClF3N4O. The van der Waals surface area contributed by atoms with Crippen LogP contribution >= 0.6 is 11.6 Å². The van der Waals surface area contributed by atoms with E-state index < -0.39 is 23.4 Å². The molecule has 1 amide bonds. The van der Waals surface area contributed by atoms with E-state index >= 15 is 0 Å². The zero-order valence-electron chi connectivity index (χ0n) is 13.9. The molecule has 0 saturated carbocycles. The number of amides is 1. The number of carbonyl (C=O) groups excluding carboxylic acids is 1. The Labute approximate surface area is 157 Å². The van der Waals surface area contributed by atoms with Crippen LogP contribution in [0.25, 0.3) is 0 Å². The first kappa shape index (κ1) is 18.7. The quantitative estimate of drug-likeness (QED) is 0.623. The summed E-state index contributed by atoms with van der Waals surface area (Å²) in [6.45, 7) is 1.76. The minimum atomic E-state index is -1.60. The maximum absolute atomic E-state index is 13.7. The molecule has 0 aliphatic carbocycles. The molecular weight excluding hydrogens is 381 g/mol. The number of nitrogens with one attached hydrogen (secondary N) is 2. The second-order valence-corrected chi connectivity index (χ2v) is 5.92. The first-order chi connectivity index (χ1) is 12.9. The van der Waals surface area contributed by atoms with Crippen molar-refractivity contribution in [2.24, 2.45) is 0 Å². The van der Waals surface area contributed by atoms with Crippen LogP contribution in [-0.2, 0) is 0 Å². The van der Waals surface area contributed by atoms with Gasteiger partial charge in [0.25, 0.3) is 5.91 Å². The van der Waals surface area contributed by atoms with Crippen LogP contribution in [-0.4, -0.2) is 15.9 Å². The third-order valence-electron chi connectivity index (χ3n) is 3.71. The minimum absolute atomic E-state index is 0.0876. The van der Waals surface area contributed by atoms with Crippen molar-refractivity contribution in [2.45, 2.75) is 6.92 Å². The van der Waals surface area contributed by atoms with Crippen LogP contribution in [0.5, 0.6) is 0 Å². The molecule has 138 valence electrons. The largest absolute Gasteiger partial charge is 0.322 e. The molecule has 3 aromatic rings. The third kappa shape index (κ3) is 4.01. The number of carbonyl (C=O) groups is 1. The number of nitrogens with zero attached hydrogens (tertiary/aromatic N) is 2. The number of rotatable bonds is 4. The van der Waals surface area contributed by atoms with Gasteiger partial charge in [-0.2, -0.15) is 0 Å². The van der Waals surface area contributed by atoms with Crippen LogP contribution in [0.3, 0.4) is 0 Å². The van der Waals surface area contributed by atoms with Gasteiger partial charge in [-0.25, -0.2) is 23.1 Å². The van der Waals surface area contributed by atoms with Crippen molar-refractivity contribution in [1.82, 2.24) is 9.97 Å². The Morgan fingerprint density at radius 3 is 2.41 bits per heavy atom. The van der Waals surface area contributed by atoms with Gasteiger partial charge in [-0.15, -0.1) is 0 Å². The van der Waals surface area contributed by atoms with Crippen LogP contribution in [0, 0.1) is 24.4 Å². The first-order valence-corrected chi connectivity index (χ1v) is 8.03. The lowest BCUT2D eigenvalue weighted by Crippen LogP contribution is -2.14. The summed E-state index contributed by atoms with van der Waals surface area (Å²) in [5.74, 6) is -4.85. The van der Waals surface area contributed by atoms with Crippen molar-refractivity contribution in [3.05, 3.63) is 76.3 Å². The van der Waals surface area contributed by atoms with Crippen molar-refractivity contribution in [3.8, 4) is 0 Å². The summed E-state index contributed by atoms with van der Waals surface area (Å²) >= 11 is 6.01. The summed E-state index contributed by atoms with van der Waals surface area (Å²) in [6.07, 6.45) is 2.42. The summed E-state index contributed by atoms with van der Waals surface area (Å²) < 4.78 is 39.8. The third-order valence-corrected chi connectivity index (χ3v) is 4.12. The van der Waals surface area contributed by atoms with E-state index in [1.54, 1.807) is 25.1 Å². The minimum Gasteiger partial charge on any atom is -0.322 e. The fourth-order valence-electron chi connectivity index (χ4n) is 2.19. The number of hydrogen-bond acceptors (Lipinski definition) is 4. The standard InChI is InChI=1S/C18H12ClF3N4O/c1-9-11(19)3-2-4-13(9)25-17(27)10-7-23-18(24-8-10)26-14-6-5-12(20)15(21)16(14)22/h2-8H,1H3,(H,25,27)(H,23,24,26). The normalized spacial score (nSPS) is 10.6. The van der Waals surface area contributed by atoms with E-state index in [0.29, 0.717) is 16.3 Å². The highest BCUT2D eigenvalue weighted by Crippen LogP contribution is 2.24. The Morgan fingerprint density at radius 2 is 1.70 bits per heavy atom. The lowest BCUT2D eigenvalue weighted by molar-refractivity contribution is 0.102. The fourth-order valence-corrected chi connectivity index (χ4v) is 2.36. The zero-order chi connectivity index (χ0) is 19.6. The van der Waals surface area contributed by atoms with Crippen molar-refractivity contribution >= 4 is 34.8 Å². The summed E-state index contributed by atoms with van der Waals surface area (Å²) in [7, 11) is 0. The van der Waals surface area contributed by atoms with Crippen LogP contribution in [0.2, 0.25) is 5.02 Å². The van der Waals surface area contributed by atoms with Crippen molar-refractivity contribution in [3.63, 3.8) is 0 Å². The molecule has 2 N–H and O–H groups in total. The summed E-state index contributed by atoms with van der Waals surface area (Å²) in [5.41, 5.74) is 1.06. The Hall–Kier alpha value is -3.13. The van der Waals surface area contributed by atoms with E-state index in [9.17, 15) is 18.0 Å². The van der Waals surface area contributed by atoms with Gasteiger partial charge in [0.1, 0.15) is 0 Å². The smallest absolute Gasteiger partial charge is 0.258 e. The van der Waals surface area contributed by atoms with Gasteiger partial charge in [-0.05, 0) is 36.8 Å². The van der Waals surface area contributed by atoms with Crippen molar-refractivity contribution in [2.75, 3.05) is 10.6 Å². The molecule has 2 aromatic carbocycles. The van der Waals surface area contributed by atoms with Crippen molar-refractivity contribution < 1.29 is 18.0 Å². The molecule has 0 fully saturated rings. The lowest BCUT2D eigenvalue weighted by atomic mass is 10.2. The second-order valence-electron chi connectivity index (χ2n) is 5.51. The SMILES string of the molecule is Cc1c(Cl)cccc1NC(=O)c1cnc(Nc2ccc(F)c(F)c2F)nc1. The van der Waals surface area contributed by atoms with Crippen molar-refractivity contribution in [1.29, 1.82) is 0 Å². The molecule has 0 unspecified atom stereocenters. The summed E-state index contributed by atoms with van der Waals surface area (Å²) in [4.78, 5) is 20.0. The van der Waals surface area contributed by atoms with Gasteiger partial charge in [0.05, 0.1) is 11.3 Å². The molecule has 0 atom stereocenters. The topological polar surface area (TPSA) is 66.9 Å². The van der Waals surface area contributed by atoms with Gasteiger partial charge >= 0.3 is 0 Å². The Kier molecular flexibility index (Phi) is 5.27. The van der Waals surface area contributed by atoms with Crippen LogP contribution in [0.4, 0.5) is 30.5 Å². The number of benzene rings is 2. The van der Waals surface area contributed by atoms with E-state index in [4.69, 9.17) is 11.6 Å². The second kappa shape index (κ2) is 7.63.